The molecule has 0 aliphatic carbocycles. The number of carbonyl (C=O) groups excluding carboxylic acids is 1. The molecule has 1 unspecified atom stereocenters. The molecule has 4 aromatic rings. The third kappa shape index (κ3) is 5.06. The molecule has 7 nitrogen and oxygen atoms in total. The normalized spacial score (nSPS) is 12.1. The second-order valence-corrected chi connectivity index (χ2v) is 9.63. The van der Waals surface area contributed by atoms with Gasteiger partial charge in [0, 0.05) is 19.1 Å². The first-order valence-electron chi connectivity index (χ1n) is 9.93. The van der Waals surface area contributed by atoms with Crippen LogP contribution in [-0.4, -0.2) is 43.4 Å². The lowest BCUT2D eigenvalue weighted by atomic mass is 10.3. The lowest BCUT2D eigenvalue weighted by Gasteiger charge is -2.23. The SMILES string of the molecule is CC(c1nc2ccccc2s1)N(C)C(=O)CSc1nnc(COc2ccc(Cl)cc2)n1C. The third-order valence-corrected chi connectivity index (χ3v) is 7.54. The number of carbonyl (C=O) groups is 1. The van der Waals surface area contributed by atoms with Crippen LogP contribution in [0.15, 0.2) is 53.7 Å². The molecular weight excluding hydrogens is 466 g/mol. The smallest absolute Gasteiger partial charge is 0.233 e. The Bertz CT molecular complexity index is 1190. The van der Waals surface area contributed by atoms with Gasteiger partial charge in [-0.2, -0.15) is 0 Å². The molecule has 2 aromatic heterocycles. The van der Waals surface area contributed by atoms with E-state index in [1.165, 1.54) is 11.8 Å². The maximum Gasteiger partial charge on any atom is 0.233 e. The summed E-state index contributed by atoms with van der Waals surface area (Å²) in [6.45, 7) is 2.27. The van der Waals surface area contributed by atoms with E-state index in [9.17, 15) is 4.79 Å². The Morgan fingerprint density at radius 1 is 1.22 bits per heavy atom. The molecule has 0 aliphatic rings. The first kappa shape index (κ1) is 22.6. The van der Waals surface area contributed by atoms with Gasteiger partial charge in [-0.15, -0.1) is 21.5 Å². The molecule has 0 aliphatic heterocycles. The van der Waals surface area contributed by atoms with Gasteiger partial charge in [-0.3, -0.25) is 4.79 Å². The number of para-hydroxylation sites is 1. The van der Waals surface area contributed by atoms with Gasteiger partial charge < -0.3 is 14.2 Å². The topological polar surface area (TPSA) is 73.1 Å². The number of fused-ring (bicyclic) bond motifs is 1. The van der Waals surface area contributed by atoms with Crippen LogP contribution in [0.2, 0.25) is 5.02 Å². The van der Waals surface area contributed by atoms with Gasteiger partial charge in [-0.1, -0.05) is 35.5 Å². The summed E-state index contributed by atoms with van der Waals surface area (Å²) in [6, 6.07) is 15.0. The van der Waals surface area contributed by atoms with Gasteiger partial charge in [0.2, 0.25) is 5.91 Å². The largest absolute Gasteiger partial charge is 0.486 e. The van der Waals surface area contributed by atoms with Gasteiger partial charge in [0.1, 0.15) is 17.4 Å². The molecule has 1 amide bonds. The summed E-state index contributed by atoms with van der Waals surface area (Å²) in [6.07, 6.45) is 0. The summed E-state index contributed by atoms with van der Waals surface area (Å²) in [4.78, 5) is 19.2. The lowest BCUT2D eigenvalue weighted by Crippen LogP contribution is -2.31. The highest BCUT2D eigenvalue weighted by atomic mass is 35.5. The van der Waals surface area contributed by atoms with Crippen LogP contribution in [0.4, 0.5) is 0 Å². The van der Waals surface area contributed by atoms with E-state index < -0.39 is 0 Å². The van der Waals surface area contributed by atoms with Gasteiger partial charge >= 0.3 is 0 Å². The Morgan fingerprint density at radius 2 is 1.97 bits per heavy atom. The van der Waals surface area contributed by atoms with E-state index in [0.29, 0.717) is 21.8 Å². The minimum absolute atomic E-state index is 0.00344. The van der Waals surface area contributed by atoms with Crippen LogP contribution >= 0.6 is 34.7 Å². The second-order valence-electron chi connectivity index (χ2n) is 7.19. The van der Waals surface area contributed by atoms with E-state index >= 15 is 0 Å². The highest BCUT2D eigenvalue weighted by Crippen LogP contribution is 2.29. The van der Waals surface area contributed by atoms with E-state index in [0.717, 1.165) is 15.2 Å². The average molecular weight is 488 g/mol. The third-order valence-electron chi connectivity index (χ3n) is 5.07. The van der Waals surface area contributed by atoms with Crippen molar-refractivity contribution >= 4 is 50.8 Å². The number of nitrogens with zero attached hydrogens (tertiary/aromatic N) is 5. The number of halogens is 1. The molecule has 0 radical (unpaired) electrons. The first-order valence-corrected chi connectivity index (χ1v) is 12.1. The van der Waals surface area contributed by atoms with Crippen molar-refractivity contribution in [2.24, 2.45) is 7.05 Å². The molecule has 2 heterocycles. The maximum absolute atomic E-state index is 12.8. The molecule has 32 heavy (non-hydrogen) atoms. The number of rotatable bonds is 8. The van der Waals surface area contributed by atoms with E-state index in [4.69, 9.17) is 16.3 Å². The van der Waals surface area contributed by atoms with Gasteiger partial charge in [0.05, 0.1) is 22.0 Å². The molecule has 0 N–H and O–H groups in total. The summed E-state index contributed by atoms with van der Waals surface area (Å²) in [5.74, 6) is 1.64. The summed E-state index contributed by atoms with van der Waals surface area (Å²) in [7, 11) is 3.67. The highest BCUT2D eigenvalue weighted by Gasteiger charge is 2.21. The van der Waals surface area contributed by atoms with Gasteiger partial charge in [0.15, 0.2) is 11.0 Å². The standard InChI is InChI=1S/C22H22ClN5O2S2/c1-14(21-24-17-6-4-5-7-18(17)32-21)27(2)20(29)13-31-22-26-25-19(28(22)3)12-30-16-10-8-15(23)9-11-16/h4-11,14H,12-13H2,1-3H3. The number of aromatic nitrogens is 4. The summed E-state index contributed by atoms with van der Waals surface area (Å²) in [5, 5.41) is 10.6. The fourth-order valence-electron chi connectivity index (χ4n) is 2.95. The van der Waals surface area contributed by atoms with Crippen LogP contribution in [0.25, 0.3) is 10.2 Å². The fourth-order valence-corrected chi connectivity index (χ4v) is 5.00. The molecule has 0 saturated carbocycles. The Hall–Kier alpha value is -2.62. The molecule has 4 rings (SSSR count). The van der Waals surface area contributed by atoms with Crippen molar-refractivity contribution in [2.75, 3.05) is 12.8 Å². The zero-order chi connectivity index (χ0) is 22.7. The Balaban J connectivity index is 1.33. The van der Waals surface area contributed by atoms with Crippen LogP contribution in [-0.2, 0) is 18.4 Å². The zero-order valence-electron chi connectivity index (χ0n) is 17.9. The molecule has 0 spiro atoms. The van der Waals surface area contributed by atoms with E-state index in [1.807, 2.05) is 49.9 Å². The van der Waals surface area contributed by atoms with Crippen LogP contribution in [0, 0.1) is 0 Å². The van der Waals surface area contributed by atoms with Gasteiger partial charge in [-0.05, 0) is 43.3 Å². The minimum atomic E-state index is -0.108. The lowest BCUT2D eigenvalue weighted by molar-refractivity contribution is -0.128. The molecule has 1 atom stereocenters. The molecule has 10 heteroatoms. The maximum atomic E-state index is 12.8. The fraction of sp³-hybridized carbons (Fsp3) is 0.273. The summed E-state index contributed by atoms with van der Waals surface area (Å²) >= 11 is 8.86. The molecule has 166 valence electrons. The molecule has 0 bridgehead atoms. The summed E-state index contributed by atoms with van der Waals surface area (Å²) < 4.78 is 8.70. The van der Waals surface area contributed by atoms with Crippen molar-refractivity contribution < 1.29 is 9.53 Å². The van der Waals surface area contributed by atoms with Crippen molar-refractivity contribution in [2.45, 2.75) is 24.7 Å². The number of hydrogen-bond donors (Lipinski definition) is 0. The van der Waals surface area contributed by atoms with Crippen molar-refractivity contribution in [1.29, 1.82) is 0 Å². The first-order chi connectivity index (χ1) is 15.4. The highest BCUT2D eigenvalue weighted by molar-refractivity contribution is 7.99. The predicted octanol–water partition coefficient (Wildman–Crippen LogP) is 4.97. The number of thiazole rings is 1. The van der Waals surface area contributed by atoms with Crippen molar-refractivity contribution in [3.63, 3.8) is 0 Å². The molecule has 2 aromatic carbocycles. The summed E-state index contributed by atoms with van der Waals surface area (Å²) in [5.41, 5.74) is 0.960. The van der Waals surface area contributed by atoms with Crippen LogP contribution in [0.3, 0.4) is 0 Å². The van der Waals surface area contributed by atoms with Gasteiger partial charge in [0.25, 0.3) is 0 Å². The number of hydrogen-bond acceptors (Lipinski definition) is 7. The monoisotopic (exact) mass is 487 g/mol. The van der Waals surface area contributed by atoms with Crippen LogP contribution < -0.4 is 4.74 Å². The number of amides is 1. The van der Waals surface area contributed by atoms with E-state index in [2.05, 4.69) is 15.2 Å². The Morgan fingerprint density at radius 3 is 2.72 bits per heavy atom. The Kier molecular flexibility index (Phi) is 6.98. The predicted molar refractivity (Wildman–Crippen MR) is 128 cm³/mol. The number of benzene rings is 2. The van der Waals surface area contributed by atoms with Crippen LogP contribution in [0.5, 0.6) is 5.75 Å². The number of ether oxygens (including phenoxy) is 1. The van der Waals surface area contributed by atoms with Crippen molar-refractivity contribution in [3.05, 3.63) is 64.4 Å². The quantitative estimate of drug-likeness (QED) is 0.327. The van der Waals surface area contributed by atoms with Gasteiger partial charge in [-0.25, -0.2) is 4.98 Å². The molecule has 0 saturated heterocycles. The minimum Gasteiger partial charge on any atom is -0.486 e. The van der Waals surface area contributed by atoms with Crippen molar-refractivity contribution in [1.82, 2.24) is 24.6 Å². The second kappa shape index (κ2) is 9.89. The molecular formula is C22H22ClN5O2S2. The van der Waals surface area contributed by atoms with E-state index in [-0.39, 0.29) is 24.3 Å². The number of thioether (sulfide) groups is 1. The van der Waals surface area contributed by atoms with Crippen LogP contribution in [0.1, 0.15) is 23.8 Å². The Labute approximate surface area is 199 Å². The molecule has 0 fully saturated rings. The van der Waals surface area contributed by atoms with Crippen molar-refractivity contribution in [3.8, 4) is 5.75 Å². The van der Waals surface area contributed by atoms with E-state index in [1.54, 1.807) is 40.5 Å². The average Bonchev–Trinajstić information content (AvgIpc) is 3.39. The zero-order valence-corrected chi connectivity index (χ0v) is 20.2.